The SMILES string of the molecule is C#CCN(CC#N)C(=O)c1c[nH]c(C)cc1=O. The fourth-order valence-electron chi connectivity index (χ4n) is 1.31. The van der Waals surface area contributed by atoms with Gasteiger partial charge in [-0.3, -0.25) is 9.59 Å². The van der Waals surface area contributed by atoms with Crippen LogP contribution < -0.4 is 5.43 Å². The lowest BCUT2D eigenvalue weighted by atomic mass is 10.2. The summed E-state index contributed by atoms with van der Waals surface area (Å²) in [6.45, 7) is 1.57. The average molecular weight is 229 g/mol. The minimum atomic E-state index is -0.536. The molecule has 5 heteroatoms. The van der Waals surface area contributed by atoms with Gasteiger partial charge in [0, 0.05) is 18.0 Å². The van der Waals surface area contributed by atoms with Gasteiger partial charge < -0.3 is 9.88 Å². The summed E-state index contributed by atoms with van der Waals surface area (Å²) < 4.78 is 0. The monoisotopic (exact) mass is 229 g/mol. The first-order valence-corrected chi connectivity index (χ1v) is 4.89. The molecule has 1 aromatic heterocycles. The Bertz CT molecular complexity index is 544. The highest BCUT2D eigenvalue weighted by Crippen LogP contribution is 1.99. The van der Waals surface area contributed by atoms with Crippen molar-refractivity contribution in [3.8, 4) is 18.4 Å². The van der Waals surface area contributed by atoms with Gasteiger partial charge in [0.25, 0.3) is 5.91 Å². The van der Waals surface area contributed by atoms with Crippen LogP contribution in [0.4, 0.5) is 0 Å². The molecule has 1 amide bonds. The topological polar surface area (TPSA) is 77.0 Å². The van der Waals surface area contributed by atoms with E-state index in [9.17, 15) is 9.59 Å². The minimum absolute atomic E-state index is 0.000288. The van der Waals surface area contributed by atoms with Gasteiger partial charge in [-0.05, 0) is 6.92 Å². The molecule has 1 aromatic rings. The molecule has 0 radical (unpaired) electrons. The van der Waals surface area contributed by atoms with Gasteiger partial charge in [0.05, 0.1) is 12.6 Å². The fraction of sp³-hybridized carbons (Fsp3) is 0.250. The number of carbonyl (C=O) groups excluding carboxylic acids is 1. The molecule has 0 aromatic carbocycles. The quantitative estimate of drug-likeness (QED) is 0.597. The number of terminal acetylenes is 1. The van der Waals surface area contributed by atoms with Crippen LogP contribution in [0, 0.1) is 30.6 Å². The second-order valence-corrected chi connectivity index (χ2v) is 3.42. The van der Waals surface area contributed by atoms with Crippen molar-refractivity contribution in [3.63, 3.8) is 0 Å². The largest absolute Gasteiger partial charge is 0.364 e. The van der Waals surface area contributed by atoms with Crippen molar-refractivity contribution in [1.82, 2.24) is 9.88 Å². The van der Waals surface area contributed by atoms with Crippen molar-refractivity contribution < 1.29 is 4.79 Å². The lowest BCUT2D eigenvalue weighted by Gasteiger charge is -2.15. The first-order chi connectivity index (χ1) is 8.10. The summed E-state index contributed by atoms with van der Waals surface area (Å²) in [6, 6.07) is 3.16. The number of carbonyl (C=O) groups is 1. The number of H-pyrrole nitrogens is 1. The van der Waals surface area contributed by atoms with Crippen LogP contribution in [0.3, 0.4) is 0 Å². The number of aromatic amines is 1. The summed E-state index contributed by atoms with van der Waals surface area (Å²) in [5, 5.41) is 8.57. The molecule has 0 saturated heterocycles. The first-order valence-electron chi connectivity index (χ1n) is 4.89. The van der Waals surface area contributed by atoms with Gasteiger partial charge in [0.15, 0.2) is 5.43 Å². The van der Waals surface area contributed by atoms with E-state index in [1.165, 1.54) is 12.3 Å². The first kappa shape index (κ1) is 12.5. The molecule has 1 heterocycles. The molecule has 0 aliphatic carbocycles. The van der Waals surface area contributed by atoms with Crippen molar-refractivity contribution in [1.29, 1.82) is 5.26 Å². The third-order valence-electron chi connectivity index (χ3n) is 2.12. The number of nitrogens with one attached hydrogen (secondary N) is 1. The zero-order valence-electron chi connectivity index (χ0n) is 9.36. The summed E-state index contributed by atoms with van der Waals surface area (Å²) in [5.41, 5.74) is 0.266. The predicted octanol–water partition coefficient (Wildman–Crippen LogP) is 0.282. The Kier molecular flexibility index (Phi) is 4.08. The summed E-state index contributed by atoms with van der Waals surface area (Å²) in [6.07, 6.45) is 6.43. The Hall–Kier alpha value is -2.53. The molecule has 0 saturated carbocycles. The Balaban J connectivity index is 3.07. The summed E-state index contributed by atoms with van der Waals surface area (Å²) in [7, 11) is 0. The van der Waals surface area contributed by atoms with Crippen LogP contribution in [0.15, 0.2) is 17.1 Å². The maximum Gasteiger partial charge on any atom is 0.260 e. The predicted molar refractivity (Wildman–Crippen MR) is 62.1 cm³/mol. The molecule has 0 atom stereocenters. The molecule has 1 N–H and O–H groups in total. The van der Waals surface area contributed by atoms with Crippen LogP contribution in [0.25, 0.3) is 0 Å². The Labute approximate surface area is 98.7 Å². The number of aryl methyl sites for hydroxylation is 1. The lowest BCUT2D eigenvalue weighted by molar-refractivity contribution is 0.0794. The van der Waals surface area contributed by atoms with Crippen LogP contribution in [-0.4, -0.2) is 28.9 Å². The van der Waals surface area contributed by atoms with E-state index in [0.29, 0.717) is 5.69 Å². The van der Waals surface area contributed by atoms with E-state index in [-0.39, 0.29) is 24.1 Å². The van der Waals surface area contributed by atoms with E-state index >= 15 is 0 Å². The number of rotatable bonds is 3. The summed E-state index contributed by atoms with van der Waals surface area (Å²) in [4.78, 5) is 27.4. The van der Waals surface area contributed by atoms with Crippen molar-refractivity contribution in [2.75, 3.05) is 13.1 Å². The van der Waals surface area contributed by atoms with Crippen molar-refractivity contribution in [3.05, 3.63) is 33.7 Å². The second kappa shape index (κ2) is 5.53. The number of hydrogen-bond donors (Lipinski definition) is 1. The molecule has 0 fully saturated rings. The van der Waals surface area contributed by atoms with Gasteiger partial charge >= 0.3 is 0 Å². The highest BCUT2D eigenvalue weighted by Gasteiger charge is 2.17. The van der Waals surface area contributed by atoms with E-state index in [0.717, 1.165) is 4.90 Å². The van der Waals surface area contributed by atoms with Crippen LogP contribution >= 0.6 is 0 Å². The summed E-state index contributed by atoms with van der Waals surface area (Å²) >= 11 is 0. The van der Waals surface area contributed by atoms with Gasteiger partial charge in [0.1, 0.15) is 12.1 Å². The van der Waals surface area contributed by atoms with Gasteiger partial charge in [0.2, 0.25) is 0 Å². The number of pyridine rings is 1. The molecule has 0 spiro atoms. The maximum atomic E-state index is 11.9. The minimum Gasteiger partial charge on any atom is -0.364 e. The van der Waals surface area contributed by atoms with Crippen LogP contribution in [0.1, 0.15) is 16.1 Å². The molecule has 17 heavy (non-hydrogen) atoms. The van der Waals surface area contributed by atoms with Crippen LogP contribution in [0.5, 0.6) is 0 Å². The molecule has 0 unspecified atom stereocenters. The molecule has 5 nitrogen and oxygen atoms in total. The molecule has 0 aliphatic rings. The van der Waals surface area contributed by atoms with E-state index in [2.05, 4.69) is 10.9 Å². The normalized spacial score (nSPS) is 9.12. The second-order valence-electron chi connectivity index (χ2n) is 3.42. The van der Waals surface area contributed by atoms with E-state index in [4.69, 9.17) is 11.7 Å². The number of nitriles is 1. The molecule has 0 bridgehead atoms. The highest BCUT2D eigenvalue weighted by atomic mass is 16.2. The van der Waals surface area contributed by atoms with Crippen molar-refractivity contribution >= 4 is 5.91 Å². The molecular weight excluding hydrogens is 218 g/mol. The Morgan fingerprint density at radius 1 is 1.59 bits per heavy atom. The van der Waals surface area contributed by atoms with Gasteiger partial charge in [-0.2, -0.15) is 5.26 Å². The van der Waals surface area contributed by atoms with Crippen molar-refractivity contribution in [2.45, 2.75) is 6.92 Å². The molecule has 1 rings (SSSR count). The van der Waals surface area contributed by atoms with E-state index in [1.807, 2.05) is 6.07 Å². The van der Waals surface area contributed by atoms with Gasteiger partial charge in [-0.15, -0.1) is 6.42 Å². The highest BCUT2D eigenvalue weighted by molar-refractivity contribution is 5.94. The smallest absolute Gasteiger partial charge is 0.260 e. The zero-order valence-corrected chi connectivity index (χ0v) is 9.36. The standard InChI is InChI=1S/C12H11N3O2/c1-3-5-15(6-4-13)12(17)10-8-14-9(2)7-11(10)16/h1,7-8H,5-6H2,2H3,(H,14,16). The van der Waals surface area contributed by atoms with Crippen molar-refractivity contribution in [2.24, 2.45) is 0 Å². The third kappa shape index (κ3) is 2.96. The van der Waals surface area contributed by atoms with Crippen LogP contribution in [0.2, 0.25) is 0 Å². The maximum absolute atomic E-state index is 11.9. The van der Waals surface area contributed by atoms with E-state index in [1.54, 1.807) is 6.92 Å². The number of amides is 1. The van der Waals surface area contributed by atoms with Gasteiger partial charge in [-0.1, -0.05) is 5.92 Å². The Morgan fingerprint density at radius 2 is 2.29 bits per heavy atom. The van der Waals surface area contributed by atoms with Gasteiger partial charge in [-0.25, -0.2) is 0 Å². The third-order valence-corrected chi connectivity index (χ3v) is 2.12. The van der Waals surface area contributed by atoms with Crippen LogP contribution in [-0.2, 0) is 0 Å². The molecule has 86 valence electrons. The Morgan fingerprint density at radius 3 is 2.82 bits per heavy atom. The van der Waals surface area contributed by atoms with E-state index < -0.39 is 5.91 Å². The fourth-order valence-corrected chi connectivity index (χ4v) is 1.31. The molecule has 0 aliphatic heterocycles. The summed E-state index contributed by atoms with van der Waals surface area (Å²) in [5.74, 6) is 1.74. The zero-order chi connectivity index (χ0) is 12.8. The molecular formula is C12H11N3O2. The lowest BCUT2D eigenvalue weighted by Crippen LogP contribution is -2.35. The number of aromatic nitrogens is 1. The average Bonchev–Trinajstić information content (AvgIpc) is 2.28. The number of hydrogen-bond acceptors (Lipinski definition) is 3. The number of nitrogens with zero attached hydrogens (tertiary/aromatic N) is 2.